The Morgan fingerprint density at radius 1 is 1.28 bits per heavy atom. The molecule has 0 fully saturated rings. The second-order valence-corrected chi connectivity index (χ2v) is 5.87. The number of hydrogen-bond donors (Lipinski definition) is 1. The number of ether oxygens (including phenoxy) is 1. The first-order chi connectivity index (χ1) is 12.0. The molecule has 3 rings (SSSR count). The summed E-state index contributed by atoms with van der Waals surface area (Å²) in [5, 5.41) is 10.4. The van der Waals surface area contributed by atoms with Gasteiger partial charge < -0.3 is 19.2 Å². The maximum absolute atomic E-state index is 12.8. The molecule has 0 radical (unpaired) electrons. The van der Waals surface area contributed by atoms with Crippen LogP contribution < -0.4 is 0 Å². The number of aryl methyl sites for hydroxylation is 1. The molecule has 1 atom stereocenters. The number of carbonyl (C=O) groups excluding carboxylic acids is 2. The predicted molar refractivity (Wildman–Crippen MR) is 90.2 cm³/mol. The van der Waals surface area contributed by atoms with E-state index in [1.165, 1.54) is 24.3 Å². The Morgan fingerprint density at radius 2 is 2.00 bits per heavy atom. The highest BCUT2D eigenvalue weighted by Gasteiger charge is 2.44. The van der Waals surface area contributed by atoms with Crippen LogP contribution in [0.4, 0.5) is 0 Å². The third kappa shape index (κ3) is 3.08. The lowest BCUT2D eigenvalue weighted by atomic mass is 9.94. The van der Waals surface area contributed by atoms with Crippen LogP contribution in [0.2, 0.25) is 0 Å². The van der Waals surface area contributed by atoms with Gasteiger partial charge in [0.05, 0.1) is 24.5 Å². The molecule has 1 aromatic heterocycles. The zero-order valence-electron chi connectivity index (χ0n) is 14.1. The van der Waals surface area contributed by atoms with Gasteiger partial charge in [0.15, 0.2) is 11.5 Å². The first-order valence-corrected chi connectivity index (χ1v) is 7.92. The Hall–Kier alpha value is -2.86. The summed E-state index contributed by atoms with van der Waals surface area (Å²) in [4.78, 5) is 26.8. The summed E-state index contributed by atoms with van der Waals surface area (Å²) in [6.45, 7) is 2.50. The highest BCUT2D eigenvalue weighted by atomic mass is 16.5. The molecule has 0 spiro atoms. The van der Waals surface area contributed by atoms with Crippen molar-refractivity contribution >= 4 is 11.7 Å². The fourth-order valence-electron chi connectivity index (χ4n) is 2.94. The molecule has 0 saturated carbocycles. The van der Waals surface area contributed by atoms with Crippen LogP contribution >= 0.6 is 0 Å². The lowest BCUT2D eigenvalue weighted by Gasteiger charge is -2.26. The molecular weight excluding hydrogens is 322 g/mol. The molecule has 6 nitrogen and oxygen atoms in total. The van der Waals surface area contributed by atoms with Gasteiger partial charge in [0.2, 0.25) is 5.78 Å². The summed E-state index contributed by atoms with van der Waals surface area (Å²) in [5.41, 5.74) is 1.83. The van der Waals surface area contributed by atoms with Crippen LogP contribution in [0.5, 0.6) is 0 Å². The highest BCUT2D eigenvalue weighted by molar-refractivity contribution is 6.15. The molecule has 1 aliphatic heterocycles. The largest absolute Gasteiger partial charge is 0.503 e. The number of rotatable bonds is 6. The van der Waals surface area contributed by atoms with Crippen molar-refractivity contribution in [3.8, 4) is 0 Å². The van der Waals surface area contributed by atoms with Crippen molar-refractivity contribution in [1.29, 1.82) is 0 Å². The van der Waals surface area contributed by atoms with Crippen molar-refractivity contribution in [3.05, 3.63) is 70.9 Å². The molecule has 0 bridgehead atoms. The molecular formula is C19H19NO5. The maximum Gasteiger partial charge on any atom is 0.290 e. The van der Waals surface area contributed by atoms with E-state index in [1.54, 1.807) is 6.07 Å². The fourth-order valence-corrected chi connectivity index (χ4v) is 2.94. The standard InChI is InChI=1S/C19H19NO5/c1-12-5-7-13(8-6-12)16-15(17(21)14-4-3-10-25-14)18(22)19(23)20(16)9-11-24-2/h3-8,10,16,22H,9,11H2,1-2H3. The van der Waals surface area contributed by atoms with E-state index >= 15 is 0 Å². The van der Waals surface area contributed by atoms with Crippen LogP contribution in [0.3, 0.4) is 0 Å². The quantitative estimate of drug-likeness (QED) is 0.817. The lowest BCUT2D eigenvalue weighted by Crippen LogP contribution is -2.34. The number of benzene rings is 1. The molecule has 1 aromatic carbocycles. The van der Waals surface area contributed by atoms with Crippen LogP contribution in [0, 0.1) is 6.92 Å². The van der Waals surface area contributed by atoms with Gasteiger partial charge in [-0.25, -0.2) is 0 Å². The minimum atomic E-state index is -0.680. The number of aliphatic hydroxyl groups excluding tert-OH is 1. The zero-order chi connectivity index (χ0) is 18.0. The molecule has 1 N–H and O–H groups in total. The Labute approximate surface area is 145 Å². The molecule has 0 saturated heterocycles. The van der Waals surface area contributed by atoms with E-state index in [1.807, 2.05) is 31.2 Å². The molecule has 25 heavy (non-hydrogen) atoms. The molecule has 1 aliphatic rings. The Kier molecular flexibility index (Phi) is 4.72. The summed E-state index contributed by atoms with van der Waals surface area (Å²) in [7, 11) is 1.53. The van der Waals surface area contributed by atoms with Crippen molar-refractivity contribution in [2.45, 2.75) is 13.0 Å². The monoisotopic (exact) mass is 341 g/mol. The number of methoxy groups -OCH3 is 1. The van der Waals surface area contributed by atoms with Crippen LogP contribution in [0.1, 0.15) is 27.7 Å². The molecule has 0 aliphatic carbocycles. The minimum absolute atomic E-state index is 0.0277. The predicted octanol–water partition coefficient (Wildman–Crippen LogP) is 2.81. The van der Waals surface area contributed by atoms with Gasteiger partial charge in [0, 0.05) is 13.7 Å². The number of carbonyl (C=O) groups is 2. The van der Waals surface area contributed by atoms with E-state index in [4.69, 9.17) is 9.15 Å². The Morgan fingerprint density at radius 3 is 2.60 bits per heavy atom. The highest BCUT2D eigenvalue weighted by Crippen LogP contribution is 2.38. The first kappa shape index (κ1) is 17.0. The Balaban J connectivity index is 2.06. The molecule has 130 valence electrons. The summed E-state index contributed by atoms with van der Waals surface area (Å²) < 4.78 is 10.2. The number of furan rings is 1. The molecule has 2 aromatic rings. The fraction of sp³-hybridized carbons (Fsp3) is 0.263. The van der Waals surface area contributed by atoms with Crippen molar-refractivity contribution in [3.63, 3.8) is 0 Å². The summed E-state index contributed by atoms with van der Waals surface area (Å²) >= 11 is 0. The van der Waals surface area contributed by atoms with Gasteiger partial charge in [-0.15, -0.1) is 0 Å². The maximum atomic E-state index is 12.8. The second kappa shape index (κ2) is 6.94. The second-order valence-electron chi connectivity index (χ2n) is 5.87. The molecule has 1 unspecified atom stereocenters. The van der Waals surface area contributed by atoms with Gasteiger partial charge in [-0.2, -0.15) is 0 Å². The van der Waals surface area contributed by atoms with E-state index in [0.29, 0.717) is 6.61 Å². The SMILES string of the molecule is COCCN1C(=O)C(O)=C(C(=O)c2ccco2)C1c1ccc(C)cc1. The third-order valence-electron chi connectivity index (χ3n) is 4.22. The number of ketones is 1. The zero-order valence-corrected chi connectivity index (χ0v) is 14.1. The van der Waals surface area contributed by atoms with E-state index in [0.717, 1.165) is 11.1 Å². The average Bonchev–Trinajstić information content (AvgIpc) is 3.22. The van der Waals surface area contributed by atoms with Gasteiger partial charge in [-0.3, -0.25) is 9.59 Å². The third-order valence-corrected chi connectivity index (χ3v) is 4.22. The smallest absolute Gasteiger partial charge is 0.290 e. The topological polar surface area (TPSA) is 80.0 Å². The van der Waals surface area contributed by atoms with Gasteiger partial charge in [0.1, 0.15) is 0 Å². The van der Waals surface area contributed by atoms with Gasteiger partial charge >= 0.3 is 0 Å². The summed E-state index contributed by atoms with van der Waals surface area (Å²) in [6, 6.07) is 9.92. The van der Waals surface area contributed by atoms with Crippen LogP contribution in [0.15, 0.2) is 58.4 Å². The van der Waals surface area contributed by atoms with Gasteiger partial charge in [-0.1, -0.05) is 29.8 Å². The normalized spacial score (nSPS) is 17.4. The van der Waals surface area contributed by atoms with Crippen molar-refractivity contribution in [1.82, 2.24) is 4.90 Å². The van der Waals surface area contributed by atoms with Crippen LogP contribution in [0.25, 0.3) is 0 Å². The number of hydrogen-bond acceptors (Lipinski definition) is 5. The number of nitrogens with zero attached hydrogens (tertiary/aromatic N) is 1. The van der Waals surface area contributed by atoms with Gasteiger partial charge in [-0.05, 0) is 24.6 Å². The Bertz CT molecular complexity index is 805. The molecule has 1 amide bonds. The van der Waals surface area contributed by atoms with Crippen molar-refractivity contribution in [2.24, 2.45) is 0 Å². The molecule has 6 heteroatoms. The van der Waals surface area contributed by atoms with Crippen molar-refractivity contribution in [2.75, 3.05) is 20.3 Å². The van der Waals surface area contributed by atoms with Crippen molar-refractivity contribution < 1.29 is 23.8 Å². The minimum Gasteiger partial charge on any atom is -0.503 e. The number of amides is 1. The summed E-state index contributed by atoms with van der Waals surface area (Å²) in [5.74, 6) is -1.54. The number of Topliss-reactive ketones (excluding diaryl/α,β-unsaturated/α-hetero) is 1. The molecule has 2 heterocycles. The lowest BCUT2D eigenvalue weighted by molar-refractivity contribution is -0.130. The average molecular weight is 341 g/mol. The summed E-state index contributed by atoms with van der Waals surface area (Å²) in [6.07, 6.45) is 1.38. The van der Waals surface area contributed by atoms with Gasteiger partial charge in [0.25, 0.3) is 5.91 Å². The van der Waals surface area contributed by atoms with E-state index in [9.17, 15) is 14.7 Å². The first-order valence-electron chi connectivity index (χ1n) is 7.92. The number of aliphatic hydroxyl groups is 1. The van der Waals surface area contributed by atoms with E-state index in [-0.39, 0.29) is 17.9 Å². The van der Waals surface area contributed by atoms with Crippen LogP contribution in [-0.4, -0.2) is 42.0 Å². The van der Waals surface area contributed by atoms with E-state index < -0.39 is 23.5 Å². The van der Waals surface area contributed by atoms with E-state index in [2.05, 4.69) is 0 Å². The van der Waals surface area contributed by atoms with Crippen LogP contribution in [-0.2, 0) is 9.53 Å².